The molecule has 0 radical (unpaired) electrons. The van der Waals surface area contributed by atoms with Gasteiger partial charge in [-0.05, 0) is 69.0 Å². The second kappa shape index (κ2) is 13.6. The Bertz CT molecular complexity index is 2130. The van der Waals surface area contributed by atoms with Crippen LogP contribution in [0.3, 0.4) is 0 Å². The van der Waals surface area contributed by atoms with Crippen molar-refractivity contribution < 1.29 is 22.7 Å². The smallest absolute Gasteiger partial charge is 0.264 e. The first-order valence-corrected chi connectivity index (χ1v) is 17.7. The molecule has 1 atom stereocenters. The highest BCUT2D eigenvalue weighted by atomic mass is 32.2. The summed E-state index contributed by atoms with van der Waals surface area (Å²) in [7, 11) is -2.24. The molecule has 0 spiro atoms. The van der Waals surface area contributed by atoms with Crippen molar-refractivity contribution in [1.29, 1.82) is 0 Å². The molecule has 2 aromatic carbocycles. The number of aromatic nitrogens is 5. The van der Waals surface area contributed by atoms with Crippen LogP contribution in [-0.4, -0.2) is 69.1 Å². The standard InChI is InChI=1S/C36H41N7O5S/c1-21(2)31-15-30-34(42(31)7)38-26(17-37-30)18-43-27(19-47-22(3)4)20-48-32-16-29(33-23(5)10-8-11-24(33)6)39-36(40-32)41-49(45,46)28-13-9-12-25(14-28)35(43)44/h8-17,21-22,27H,18-20H2,1-7H3,(H,39,40,41)/t27-/m1/s1. The largest absolute Gasteiger partial charge is 0.475 e. The average molecular weight is 684 g/mol. The molecule has 0 aliphatic carbocycles. The maximum absolute atomic E-state index is 14.4. The third-order valence-corrected chi connectivity index (χ3v) is 9.87. The summed E-state index contributed by atoms with van der Waals surface area (Å²) in [6, 6.07) is 14.9. The van der Waals surface area contributed by atoms with Crippen LogP contribution in [0, 0.1) is 13.8 Å². The maximum atomic E-state index is 14.4. The summed E-state index contributed by atoms with van der Waals surface area (Å²) in [5, 5.41) is 0. The fourth-order valence-corrected chi connectivity index (χ4v) is 7.04. The Morgan fingerprint density at radius 1 is 1.00 bits per heavy atom. The summed E-state index contributed by atoms with van der Waals surface area (Å²) in [4.78, 5) is 34.5. The molecule has 4 bridgehead atoms. The molecule has 49 heavy (non-hydrogen) atoms. The van der Waals surface area contributed by atoms with E-state index in [0.29, 0.717) is 17.0 Å². The van der Waals surface area contributed by atoms with Gasteiger partial charge in [0.1, 0.15) is 12.1 Å². The first-order valence-electron chi connectivity index (χ1n) is 16.3. The highest BCUT2D eigenvalue weighted by Crippen LogP contribution is 2.30. The van der Waals surface area contributed by atoms with Gasteiger partial charge in [-0.1, -0.05) is 38.1 Å². The van der Waals surface area contributed by atoms with Crippen LogP contribution in [0.25, 0.3) is 22.4 Å². The number of rotatable bonds is 7. The van der Waals surface area contributed by atoms with E-state index in [-0.39, 0.29) is 54.1 Å². The highest BCUT2D eigenvalue weighted by molar-refractivity contribution is 7.92. The molecule has 256 valence electrons. The summed E-state index contributed by atoms with van der Waals surface area (Å²) in [6.07, 6.45) is 1.54. The number of ether oxygens (including phenoxy) is 2. The SMILES string of the molecule is Cc1cccc(C)c1-c1cc2nc(n1)NS(=O)(=O)c1cccc(c1)C(=O)N(Cc1cnc3cc(C(C)C)n(C)c3n1)[C@H](COC(C)C)CO2. The Kier molecular flexibility index (Phi) is 9.41. The summed E-state index contributed by atoms with van der Waals surface area (Å²) in [5.74, 6) is -0.146. The molecule has 1 aliphatic rings. The van der Waals surface area contributed by atoms with Crippen molar-refractivity contribution in [3.05, 3.63) is 88.9 Å². The molecular formula is C36H41N7O5S. The van der Waals surface area contributed by atoms with Gasteiger partial charge in [-0.25, -0.2) is 23.1 Å². The van der Waals surface area contributed by atoms with E-state index >= 15 is 0 Å². The van der Waals surface area contributed by atoms with Crippen molar-refractivity contribution in [2.24, 2.45) is 7.05 Å². The fraction of sp³-hybridized carbons (Fsp3) is 0.361. The van der Waals surface area contributed by atoms with Gasteiger partial charge in [0.25, 0.3) is 15.9 Å². The Morgan fingerprint density at radius 3 is 2.45 bits per heavy atom. The average Bonchev–Trinajstić information content (AvgIpc) is 3.38. The molecule has 6 rings (SSSR count). The number of amides is 1. The van der Waals surface area contributed by atoms with Crippen LogP contribution in [0.4, 0.5) is 5.95 Å². The molecule has 1 aliphatic heterocycles. The number of carbonyl (C=O) groups is 1. The summed E-state index contributed by atoms with van der Waals surface area (Å²) in [6.45, 7) is 12.2. The van der Waals surface area contributed by atoms with E-state index in [9.17, 15) is 13.2 Å². The first-order chi connectivity index (χ1) is 23.3. The van der Waals surface area contributed by atoms with E-state index in [4.69, 9.17) is 14.5 Å². The minimum Gasteiger partial charge on any atom is -0.475 e. The molecule has 1 amide bonds. The van der Waals surface area contributed by atoms with Gasteiger partial charge in [-0.15, -0.1) is 0 Å². The van der Waals surface area contributed by atoms with Crippen molar-refractivity contribution in [3.63, 3.8) is 0 Å². The lowest BCUT2D eigenvalue weighted by Gasteiger charge is -2.32. The minimum absolute atomic E-state index is 0.00905. The van der Waals surface area contributed by atoms with Crippen LogP contribution in [0.2, 0.25) is 0 Å². The number of hydrogen-bond acceptors (Lipinski definition) is 9. The first kappa shape index (κ1) is 34.0. The quantitative estimate of drug-likeness (QED) is 0.226. The van der Waals surface area contributed by atoms with Crippen molar-refractivity contribution in [2.75, 3.05) is 17.9 Å². The van der Waals surface area contributed by atoms with Crippen LogP contribution >= 0.6 is 0 Å². The molecular weight excluding hydrogens is 643 g/mol. The molecule has 12 nitrogen and oxygen atoms in total. The van der Waals surface area contributed by atoms with Gasteiger partial charge in [0, 0.05) is 29.9 Å². The van der Waals surface area contributed by atoms with Crippen LogP contribution in [0.1, 0.15) is 66.5 Å². The third kappa shape index (κ3) is 7.13. The second-order valence-electron chi connectivity index (χ2n) is 12.9. The van der Waals surface area contributed by atoms with Gasteiger partial charge in [-0.3, -0.25) is 9.78 Å². The van der Waals surface area contributed by atoms with E-state index in [2.05, 4.69) is 33.5 Å². The Morgan fingerprint density at radius 2 is 1.73 bits per heavy atom. The lowest BCUT2D eigenvalue weighted by atomic mass is 10.00. The second-order valence-corrected chi connectivity index (χ2v) is 14.6. The van der Waals surface area contributed by atoms with E-state index in [1.165, 1.54) is 12.1 Å². The molecule has 1 N–H and O–H groups in total. The van der Waals surface area contributed by atoms with Gasteiger partial charge < -0.3 is 18.9 Å². The Balaban J connectivity index is 1.48. The molecule has 5 aromatic rings. The lowest BCUT2D eigenvalue weighted by molar-refractivity contribution is 0.00631. The summed E-state index contributed by atoms with van der Waals surface area (Å²) in [5.41, 5.74) is 6.56. The van der Waals surface area contributed by atoms with Crippen molar-refractivity contribution in [1.82, 2.24) is 29.4 Å². The number of sulfonamides is 1. The van der Waals surface area contributed by atoms with Crippen LogP contribution in [0.15, 0.2) is 65.7 Å². The number of nitrogens with zero attached hydrogens (tertiary/aromatic N) is 6. The maximum Gasteiger partial charge on any atom is 0.264 e. The number of aryl methyl sites for hydroxylation is 3. The number of carbonyl (C=O) groups excluding carboxylic acids is 1. The van der Waals surface area contributed by atoms with Crippen molar-refractivity contribution in [2.45, 2.75) is 71.0 Å². The zero-order valence-electron chi connectivity index (χ0n) is 28.8. The Labute approximate surface area is 286 Å². The number of benzene rings is 2. The van der Waals surface area contributed by atoms with Gasteiger partial charge in [-0.2, -0.15) is 4.98 Å². The van der Waals surface area contributed by atoms with Crippen molar-refractivity contribution in [3.8, 4) is 17.1 Å². The molecule has 0 saturated heterocycles. The molecule has 4 heterocycles. The number of fused-ring (bicyclic) bond motifs is 5. The molecule has 0 saturated carbocycles. The minimum atomic E-state index is -4.20. The molecule has 0 unspecified atom stereocenters. The normalized spacial score (nSPS) is 16.2. The zero-order valence-corrected chi connectivity index (χ0v) is 29.6. The fourth-order valence-electron chi connectivity index (χ4n) is 6.05. The van der Waals surface area contributed by atoms with E-state index in [1.54, 1.807) is 29.3 Å². The third-order valence-electron chi connectivity index (χ3n) is 8.55. The van der Waals surface area contributed by atoms with Crippen molar-refractivity contribution >= 4 is 33.0 Å². The lowest BCUT2D eigenvalue weighted by Crippen LogP contribution is -2.46. The van der Waals surface area contributed by atoms with E-state index in [0.717, 1.165) is 27.9 Å². The van der Waals surface area contributed by atoms with Crippen LogP contribution in [0.5, 0.6) is 5.88 Å². The molecule has 3 aromatic heterocycles. The molecule has 0 fully saturated rings. The topological polar surface area (TPSA) is 141 Å². The van der Waals surface area contributed by atoms with Gasteiger partial charge >= 0.3 is 0 Å². The summed E-state index contributed by atoms with van der Waals surface area (Å²) < 4.78 is 44.3. The predicted molar refractivity (Wildman–Crippen MR) is 187 cm³/mol. The highest BCUT2D eigenvalue weighted by Gasteiger charge is 2.30. The van der Waals surface area contributed by atoms with Gasteiger partial charge in [0.2, 0.25) is 11.8 Å². The van der Waals surface area contributed by atoms with E-state index in [1.807, 2.05) is 63.6 Å². The summed E-state index contributed by atoms with van der Waals surface area (Å²) >= 11 is 0. The molecule has 13 heteroatoms. The number of anilines is 1. The zero-order chi connectivity index (χ0) is 35.0. The number of nitrogens with one attached hydrogen (secondary N) is 1. The van der Waals surface area contributed by atoms with Crippen LogP contribution in [-0.2, 0) is 28.4 Å². The van der Waals surface area contributed by atoms with E-state index < -0.39 is 22.0 Å². The number of hydrogen-bond donors (Lipinski definition) is 1. The van der Waals surface area contributed by atoms with Gasteiger partial charge in [0.05, 0.1) is 47.8 Å². The monoisotopic (exact) mass is 683 g/mol. The Hall–Kier alpha value is -4.88. The van der Waals surface area contributed by atoms with Crippen LogP contribution < -0.4 is 9.46 Å². The predicted octanol–water partition coefficient (Wildman–Crippen LogP) is 5.79. The van der Waals surface area contributed by atoms with Gasteiger partial charge in [0.15, 0.2) is 5.65 Å².